The maximum atomic E-state index is 13.5. The van der Waals surface area contributed by atoms with Crippen LogP contribution in [0.2, 0.25) is 0 Å². The highest BCUT2D eigenvalue weighted by molar-refractivity contribution is 8.13. The summed E-state index contributed by atoms with van der Waals surface area (Å²) in [5.41, 5.74) is 2.46. The van der Waals surface area contributed by atoms with Crippen molar-refractivity contribution in [2.24, 2.45) is 0 Å². The van der Waals surface area contributed by atoms with Crippen molar-refractivity contribution >= 4 is 46.4 Å². The summed E-state index contributed by atoms with van der Waals surface area (Å²) in [7, 11) is 1.33. The summed E-state index contributed by atoms with van der Waals surface area (Å²) in [6, 6.07) is 14.8. The largest absolute Gasteiger partial charge is 0.467 e. The molecule has 3 rings (SSSR count). The van der Waals surface area contributed by atoms with E-state index in [0.29, 0.717) is 18.5 Å². The fourth-order valence-electron chi connectivity index (χ4n) is 4.25. The third-order valence-electron chi connectivity index (χ3n) is 6.14. The van der Waals surface area contributed by atoms with Crippen molar-refractivity contribution < 1.29 is 23.9 Å². The van der Waals surface area contributed by atoms with Crippen LogP contribution in [0.3, 0.4) is 0 Å². The fraction of sp³-hybridized carbons (Fsp3) is 0.483. The number of amides is 1. The van der Waals surface area contributed by atoms with Gasteiger partial charge in [0.05, 0.1) is 7.11 Å². The van der Waals surface area contributed by atoms with Crippen LogP contribution >= 0.6 is 23.5 Å². The second-order valence-electron chi connectivity index (χ2n) is 10.4. The molecule has 39 heavy (non-hydrogen) atoms. The molecule has 0 aromatic heterocycles. The van der Waals surface area contributed by atoms with Crippen LogP contribution in [0.5, 0.6) is 0 Å². The van der Waals surface area contributed by atoms with E-state index in [1.54, 1.807) is 11.8 Å². The first-order valence-electron chi connectivity index (χ1n) is 13.0. The highest BCUT2D eigenvalue weighted by Crippen LogP contribution is 2.28. The summed E-state index contributed by atoms with van der Waals surface area (Å²) in [6.07, 6.45) is 3.26. The Kier molecular flexibility index (Phi) is 11.6. The van der Waals surface area contributed by atoms with Gasteiger partial charge in [0, 0.05) is 35.6 Å². The molecule has 0 aliphatic carbocycles. The Hall–Kier alpha value is -2.69. The monoisotopic (exact) mass is 573 g/mol. The highest BCUT2D eigenvalue weighted by atomic mass is 32.2. The number of carbonyl (C=O) groups excluding carboxylic acids is 3. The number of methoxy groups -OCH3 is 1. The SMILES string of the molecule is COC(=O)C(CCSC)NC(=O)c1cc(NCC2CC(SC(=O)OC(C)(C)C)CN2)ccc1-c1ccccc1. The second-order valence-corrected chi connectivity index (χ2v) is 12.6. The fourth-order valence-corrected chi connectivity index (χ4v) is 5.80. The summed E-state index contributed by atoms with van der Waals surface area (Å²) in [6.45, 7) is 6.95. The molecular formula is C29H39N3O5S2. The molecule has 0 radical (unpaired) electrons. The number of carbonyl (C=O) groups is 3. The predicted molar refractivity (Wildman–Crippen MR) is 161 cm³/mol. The maximum Gasteiger partial charge on any atom is 0.368 e. The molecule has 3 N–H and O–H groups in total. The van der Waals surface area contributed by atoms with Gasteiger partial charge in [-0.05, 0) is 80.6 Å². The number of hydrogen-bond acceptors (Lipinski definition) is 9. The summed E-state index contributed by atoms with van der Waals surface area (Å²) in [5.74, 6) is -0.0738. The first-order valence-corrected chi connectivity index (χ1v) is 15.3. The number of ether oxygens (including phenoxy) is 2. The Labute approximate surface area is 239 Å². The van der Waals surface area contributed by atoms with E-state index in [2.05, 4.69) is 16.0 Å². The Morgan fingerprint density at radius 3 is 2.54 bits per heavy atom. The van der Waals surface area contributed by atoms with E-state index < -0.39 is 17.6 Å². The molecule has 10 heteroatoms. The van der Waals surface area contributed by atoms with Crippen LogP contribution in [0.1, 0.15) is 44.0 Å². The molecule has 0 bridgehead atoms. The standard InChI is InChI=1S/C29H39N3O5S2/c1-29(2,3)37-28(35)39-22-15-21(31-18-22)17-30-20-11-12-23(19-9-7-6-8-10-19)24(16-20)26(33)32-25(13-14-38-5)27(34)36-4/h6-12,16,21-22,25,30-31H,13-15,17-18H2,1-5H3,(H,32,33). The minimum absolute atomic E-state index is 0.144. The lowest BCUT2D eigenvalue weighted by Gasteiger charge is -2.20. The zero-order chi connectivity index (χ0) is 28.4. The molecular weight excluding hydrogens is 534 g/mol. The van der Waals surface area contributed by atoms with E-state index in [1.807, 2.05) is 75.6 Å². The van der Waals surface area contributed by atoms with E-state index in [-0.39, 0.29) is 22.5 Å². The van der Waals surface area contributed by atoms with Crippen molar-refractivity contribution in [2.45, 2.75) is 56.5 Å². The van der Waals surface area contributed by atoms with E-state index in [4.69, 9.17) is 9.47 Å². The Morgan fingerprint density at radius 2 is 1.87 bits per heavy atom. The van der Waals surface area contributed by atoms with E-state index in [0.717, 1.165) is 35.5 Å². The average molecular weight is 574 g/mol. The van der Waals surface area contributed by atoms with E-state index >= 15 is 0 Å². The number of esters is 1. The van der Waals surface area contributed by atoms with Gasteiger partial charge < -0.3 is 25.4 Å². The lowest BCUT2D eigenvalue weighted by Crippen LogP contribution is -2.42. The van der Waals surface area contributed by atoms with Crippen LogP contribution in [0.4, 0.5) is 10.5 Å². The van der Waals surface area contributed by atoms with Crippen molar-refractivity contribution in [3.63, 3.8) is 0 Å². The van der Waals surface area contributed by atoms with Crippen LogP contribution in [-0.2, 0) is 14.3 Å². The van der Waals surface area contributed by atoms with Crippen LogP contribution in [-0.4, -0.2) is 72.3 Å². The average Bonchev–Trinajstić information content (AvgIpc) is 3.35. The molecule has 8 nitrogen and oxygen atoms in total. The molecule has 0 spiro atoms. The normalized spacial score (nSPS) is 17.8. The topological polar surface area (TPSA) is 106 Å². The first kappa shape index (κ1) is 30.8. The maximum absolute atomic E-state index is 13.5. The van der Waals surface area contributed by atoms with Gasteiger partial charge in [0.2, 0.25) is 0 Å². The first-order chi connectivity index (χ1) is 18.6. The molecule has 3 atom stereocenters. The number of thioether (sulfide) groups is 2. The minimum Gasteiger partial charge on any atom is -0.467 e. The Balaban J connectivity index is 1.71. The van der Waals surface area contributed by atoms with Gasteiger partial charge >= 0.3 is 11.3 Å². The highest BCUT2D eigenvalue weighted by Gasteiger charge is 2.29. The number of rotatable bonds is 11. The molecule has 1 amide bonds. The number of nitrogens with one attached hydrogen (secondary N) is 3. The molecule has 1 heterocycles. The summed E-state index contributed by atoms with van der Waals surface area (Å²) >= 11 is 2.84. The van der Waals surface area contributed by atoms with Crippen LogP contribution in [0.15, 0.2) is 48.5 Å². The summed E-state index contributed by atoms with van der Waals surface area (Å²) < 4.78 is 10.4. The smallest absolute Gasteiger partial charge is 0.368 e. The predicted octanol–water partition coefficient (Wildman–Crippen LogP) is 5.19. The van der Waals surface area contributed by atoms with Gasteiger partial charge in [-0.1, -0.05) is 36.4 Å². The number of hydrogen-bond donors (Lipinski definition) is 3. The van der Waals surface area contributed by atoms with Gasteiger partial charge in [0.1, 0.15) is 11.6 Å². The zero-order valence-corrected chi connectivity index (χ0v) is 24.9. The van der Waals surface area contributed by atoms with Gasteiger partial charge in [-0.3, -0.25) is 4.79 Å². The number of benzene rings is 2. The van der Waals surface area contributed by atoms with Crippen molar-refractivity contribution in [3.05, 3.63) is 54.1 Å². The zero-order valence-electron chi connectivity index (χ0n) is 23.2. The molecule has 3 unspecified atom stereocenters. The van der Waals surface area contributed by atoms with Crippen molar-refractivity contribution in [1.82, 2.24) is 10.6 Å². The van der Waals surface area contributed by atoms with Gasteiger partial charge in [-0.25, -0.2) is 9.59 Å². The summed E-state index contributed by atoms with van der Waals surface area (Å²) in [4.78, 5) is 38.0. The molecule has 1 fully saturated rings. The third-order valence-corrected chi connectivity index (χ3v) is 7.75. The van der Waals surface area contributed by atoms with E-state index in [9.17, 15) is 14.4 Å². The van der Waals surface area contributed by atoms with Crippen molar-refractivity contribution in [1.29, 1.82) is 0 Å². The summed E-state index contributed by atoms with van der Waals surface area (Å²) in [5, 5.41) is 9.66. The van der Waals surface area contributed by atoms with Gasteiger partial charge in [-0.2, -0.15) is 11.8 Å². The molecule has 1 saturated heterocycles. The molecule has 1 aliphatic rings. The van der Waals surface area contributed by atoms with Gasteiger partial charge in [-0.15, -0.1) is 0 Å². The quantitative estimate of drug-likeness (QED) is 0.313. The van der Waals surface area contributed by atoms with Crippen LogP contribution in [0, 0.1) is 0 Å². The molecule has 0 saturated carbocycles. The minimum atomic E-state index is -0.725. The lowest BCUT2D eigenvalue weighted by molar-refractivity contribution is -0.142. The van der Waals surface area contributed by atoms with Crippen molar-refractivity contribution in [3.8, 4) is 11.1 Å². The van der Waals surface area contributed by atoms with E-state index in [1.165, 1.54) is 18.9 Å². The van der Waals surface area contributed by atoms with Crippen LogP contribution in [0.25, 0.3) is 11.1 Å². The van der Waals surface area contributed by atoms with Gasteiger partial charge in [0.15, 0.2) is 0 Å². The molecule has 212 valence electrons. The Morgan fingerprint density at radius 1 is 1.13 bits per heavy atom. The number of anilines is 1. The van der Waals surface area contributed by atoms with Gasteiger partial charge in [0.25, 0.3) is 5.91 Å². The third kappa shape index (κ3) is 9.77. The lowest BCUT2D eigenvalue weighted by atomic mass is 9.98. The van der Waals surface area contributed by atoms with Crippen molar-refractivity contribution in [2.75, 3.05) is 37.5 Å². The molecule has 2 aromatic rings. The second kappa shape index (κ2) is 14.6. The van der Waals surface area contributed by atoms with Crippen LogP contribution < -0.4 is 16.0 Å². The Bertz CT molecular complexity index is 1120. The molecule has 2 aromatic carbocycles. The molecule has 1 aliphatic heterocycles.